The van der Waals surface area contributed by atoms with E-state index >= 15 is 0 Å². The quantitative estimate of drug-likeness (QED) is 0.0177. The summed E-state index contributed by atoms with van der Waals surface area (Å²) in [7, 11) is 0.812. The summed E-state index contributed by atoms with van der Waals surface area (Å²) in [5.74, 6) is -7.72. The van der Waals surface area contributed by atoms with Gasteiger partial charge in [-0.3, -0.25) is 28.8 Å². The Bertz CT molecular complexity index is 4240. The number of pyridine rings is 1. The highest BCUT2D eigenvalue weighted by molar-refractivity contribution is 7.91. The number of aromatic nitrogens is 1. The second-order valence-corrected chi connectivity index (χ2v) is 36.9. The van der Waals surface area contributed by atoms with Crippen LogP contribution in [0.3, 0.4) is 0 Å². The average molecular weight is 1830 g/mol. The van der Waals surface area contributed by atoms with E-state index in [-0.39, 0.29) is 117 Å². The molecule has 1 aromatic heterocycles. The number of carbonyl (C=O) groups excluding carboxylic acids is 7. The van der Waals surface area contributed by atoms with Crippen molar-refractivity contribution < 1.29 is 128 Å². The first-order valence-corrected chi connectivity index (χ1v) is 47.7. The van der Waals surface area contributed by atoms with Gasteiger partial charge in [0.2, 0.25) is 5.79 Å². The number of hydrogen-bond acceptors (Lipinski definition) is 29. The summed E-state index contributed by atoms with van der Waals surface area (Å²) < 4.78 is 114. The lowest BCUT2D eigenvalue weighted by atomic mass is 9.78. The Kier molecular flexibility index (Phi) is 46.2. The number of hydrogen-bond donors (Lipinski definition) is 4. The average Bonchev–Trinajstić information content (AvgIpc) is 1.08. The standard InChI is InChI=1S/C97H144N4O27S/c1-65-19-13-12-14-20-66(2)85(114-9)61-78-28-24-72(8)97(111,128-78)93(107)95(109)101-35-16-15-22-81(101)96(110)127-86(62-82(103)68(4)56-71(7)91(106)92(116-11)90(105)70(6)55-65)69(5)57-73-25-31-84(87(59-73)115-10)126-89(104)23-17-37-117-40-42-119-44-46-121-48-50-123-52-53-124-51-49-122-47-45-120-43-41-118-38-34-77(102)21-18-54-129(112,113)79-29-30-80(67(3)58-79)94(108)100-36-39-125-83-32-26-74(60-76(83)64-100)75-27-33-88(98)99-63-75/h12-14,19-20,26-27,29-30,32-33,56,58,60,63,65,68-70,72-73,78,81-82,84-87,91-92,103,106,111H,15-18,21-25,28,31,34-55,57,59,61-62,64H2,1-11H3,(H2,98,99)/b14-12+,19-13+,66-20+,71-56+/t65-,68-,69-,70-,72-,73+,78+,81+,82-,84-,85+,86+,87-,91-,92+,97-/m1/s1. The first-order chi connectivity index (χ1) is 61.9. The molecular formula is C97H144N4O27S. The Balaban J connectivity index is 0.643. The summed E-state index contributed by atoms with van der Waals surface area (Å²) in [5, 5.41) is 35.9. The van der Waals surface area contributed by atoms with Gasteiger partial charge in [-0.15, -0.1) is 0 Å². The molecule has 5 N–H and O–H groups in total. The second kappa shape index (κ2) is 55.8. The van der Waals surface area contributed by atoms with Crippen molar-refractivity contribution in [1.29, 1.82) is 0 Å². The number of rotatable bonds is 42. The molecule has 129 heavy (non-hydrogen) atoms. The molecule has 3 aromatic rings. The lowest BCUT2D eigenvalue weighted by molar-refractivity contribution is -0.265. The molecule has 2 bridgehead atoms. The van der Waals surface area contributed by atoms with Crippen LogP contribution < -0.4 is 10.5 Å². The zero-order chi connectivity index (χ0) is 93.4. The second-order valence-electron chi connectivity index (χ2n) is 34.8. The van der Waals surface area contributed by atoms with Gasteiger partial charge in [-0.05, 0) is 180 Å². The normalized spacial score (nSPS) is 27.4. The van der Waals surface area contributed by atoms with Gasteiger partial charge in [0.15, 0.2) is 15.6 Å². The fourth-order valence-electron chi connectivity index (χ4n) is 17.0. The highest BCUT2D eigenvalue weighted by Gasteiger charge is 2.53. The van der Waals surface area contributed by atoms with Gasteiger partial charge in [0.25, 0.3) is 17.6 Å². The first kappa shape index (κ1) is 107. The zero-order valence-corrected chi connectivity index (χ0v) is 78.5. The molecule has 16 atom stereocenters. The molecule has 31 nitrogen and oxygen atoms in total. The third kappa shape index (κ3) is 34.4. The van der Waals surface area contributed by atoms with E-state index in [1.807, 2.05) is 82.3 Å². The van der Waals surface area contributed by atoms with E-state index in [0.717, 1.165) is 22.3 Å². The van der Waals surface area contributed by atoms with Crippen molar-refractivity contribution in [2.75, 3.05) is 158 Å². The number of allylic oxidation sites excluding steroid dienone is 5. The Hall–Kier alpha value is -7.61. The van der Waals surface area contributed by atoms with E-state index in [4.69, 9.17) is 76.8 Å². The summed E-state index contributed by atoms with van der Waals surface area (Å²) in [6.45, 7) is 21.1. The van der Waals surface area contributed by atoms with E-state index in [2.05, 4.69) is 4.98 Å². The molecule has 2 amide bonds. The maximum Gasteiger partial charge on any atom is 0.329 e. The highest BCUT2D eigenvalue weighted by Crippen LogP contribution is 2.40. The lowest BCUT2D eigenvalue weighted by Crippen LogP contribution is -2.61. The van der Waals surface area contributed by atoms with E-state index in [1.165, 1.54) is 24.1 Å². The van der Waals surface area contributed by atoms with E-state index in [0.29, 0.717) is 205 Å². The predicted molar refractivity (Wildman–Crippen MR) is 482 cm³/mol. The van der Waals surface area contributed by atoms with Crippen LogP contribution in [0.15, 0.2) is 107 Å². The number of methoxy groups -OCH3 is 3. The van der Waals surface area contributed by atoms with Crippen LogP contribution in [0.25, 0.3) is 11.1 Å². The summed E-state index contributed by atoms with van der Waals surface area (Å²) in [4.78, 5) is 105. The predicted octanol–water partition coefficient (Wildman–Crippen LogP) is 10.6. The number of amides is 2. The molecule has 0 unspecified atom stereocenters. The maximum atomic E-state index is 14.8. The van der Waals surface area contributed by atoms with Crippen molar-refractivity contribution in [3.63, 3.8) is 0 Å². The van der Waals surface area contributed by atoms with E-state index < -0.39 is 106 Å². The van der Waals surface area contributed by atoms with Gasteiger partial charge in [-0.1, -0.05) is 77.1 Å². The van der Waals surface area contributed by atoms with Crippen molar-refractivity contribution in [1.82, 2.24) is 14.8 Å². The van der Waals surface area contributed by atoms with Gasteiger partial charge in [0, 0.05) is 114 Å². The van der Waals surface area contributed by atoms with E-state index in [1.54, 1.807) is 71.2 Å². The van der Waals surface area contributed by atoms with Gasteiger partial charge < -0.3 is 102 Å². The number of cyclic esters (lactones) is 1. The van der Waals surface area contributed by atoms with Gasteiger partial charge in [-0.25, -0.2) is 18.2 Å². The van der Waals surface area contributed by atoms with Gasteiger partial charge in [-0.2, -0.15) is 0 Å². The van der Waals surface area contributed by atoms with E-state index in [9.17, 15) is 57.3 Å². The largest absolute Gasteiger partial charge is 0.491 e. The molecule has 32 heteroatoms. The van der Waals surface area contributed by atoms with Crippen LogP contribution in [0.4, 0.5) is 5.82 Å². The Morgan fingerprint density at radius 3 is 1.94 bits per heavy atom. The fourth-order valence-corrected chi connectivity index (χ4v) is 18.4. The molecule has 2 saturated heterocycles. The molecule has 2 aromatic carbocycles. The van der Waals surface area contributed by atoms with Crippen LogP contribution in [0.1, 0.15) is 179 Å². The molecule has 3 fully saturated rings. The number of fused-ring (bicyclic) bond motifs is 4. The SMILES string of the molecule is CO[C@H]1C[C@@H]2CC[C@@H](C)[C@@](O)(O2)C(=O)C(=O)N2CCCC[C@H]2C(=O)O[C@H]([C@H](C)C[C@@H]2CC[C@@H](OC(=O)CCCOCCOCCOCCOCCOCCOCCOCCOCCC(=O)CCCS(=O)(=O)c3ccc(C(=O)N4CCOc5ccc(-c6ccc(N)nc6)cc5C4)c(C)c3)[C@H](OC)C2)C[C@@H](O)[C@H](C)/C=C(\C)[C@@H](O)[C@@H](OC)C(=O)[C@H](C)C[C@H](C)/C=C/C=C/C=C/1C. The van der Waals surface area contributed by atoms with Crippen LogP contribution in [-0.4, -0.2) is 293 Å². The van der Waals surface area contributed by atoms with Crippen molar-refractivity contribution in [3.8, 4) is 16.9 Å². The van der Waals surface area contributed by atoms with Crippen molar-refractivity contribution >= 4 is 56.8 Å². The zero-order valence-electron chi connectivity index (χ0n) is 77.7. The number of benzene rings is 2. The third-order valence-corrected chi connectivity index (χ3v) is 26.6. The van der Waals surface area contributed by atoms with Crippen molar-refractivity contribution in [3.05, 3.63) is 119 Å². The molecule has 1 saturated carbocycles. The number of anilines is 1. The first-order valence-electron chi connectivity index (χ1n) is 46.0. The number of esters is 2. The Morgan fingerprint density at radius 2 is 1.31 bits per heavy atom. The number of nitrogens with zero attached hydrogens (tertiary/aromatic N) is 3. The molecule has 5 aliphatic rings. The molecule has 1 aliphatic carbocycles. The minimum absolute atomic E-state index is 0.00867. The van der Waals surface area contributed by atoms with Crippen LogP contribution in [0.2, 0.25) is 0 Å². The van der Waals surface area contributed by atoms with Gasteiger partial charge in [0.05, 0.1) is 141 Å². The number of piperidine rings is 1. The number of carbonyl (C=O) groups is 7. The number of aliphatic hydroxyl groups is 3. The molecular weight excluding hydrogens is 1690 g/mol. The highest BCUT2D eigenvalue weighted by atomic mass is 32.2. The number of sulfone groups is 1. The monoisotopic (exact) mass is 1830 g/mol. The summed E-state index contributed by atoms with van der Waals surface area (Å²) in [5.41, 5.74) is 10.6. The maximum absolute atomic E-state index is 14.8. The lowest BCUT2D eigenvalue weighted by Gasteiger charge is -2.43. The molecule has 4 aliphatic heterocycles. The van der Waals surface area contributed by atoms with Gasteiger partial charge >= 0.3 is 11.9 Å². The number of ketones is 3. The molecule has 720 valence electrons. The van der Waals surface area contributed by atoms with Crippen LogP contribution in [-0.2, 0) is 111 Å². The molecule has 5 heterocycles. The number of ether oxygens (including phenoxy) is 15. The fraction of sp³-hybridized carbons (Fsp3) is 0.670. The summed E-state index contributed by atoms with van der Waals surface area (Å²) >= 11 is 0. The summed E-state index contributed by atoms with van der Waals surface area (Å²) in [6, 6.07) is 12.7. The molecule has 8 rings (SSSR count). The summed E-state index contributed by atoms with van der Waals surface area (Å²) in [6.07, 6.45) is 12.4. The van der Waals surface area contributed by atoms with Crippen molar-refractivity contribution in [2.24, 2.45) is 35.5 Å². The number of nitrogens with two attached hydrogens (primary N) is 1. The number of aliphatic hydroxyl groups excluding tert-OH is 2. The van der Waals surface area contributed by atoms with Crippen molar-refractivity contribution in [2.45, 2.75) is 237 Å². The van der Waals surface area contributed by atoms with Crippen LogP contribution in [0.5, 0.6) is 5.75 Å². The van der Waals surface area contributed by atoms with Gasteiger partial charge in [0.1, 0.15) is 54.4 Å². The molecule has 0 radical (unpaired) electrons. The Morgan fingerprint density at radius 1 is 0.659 bits per heavy atom. The number of nitrogen functional groups attached to an aromatic ring is 1. The number of aryl methyl sites for hydroxylation is 1. The van der Waals surface area contributed by atoms with Crippen LogP contribution in [0, 0.1) is 42.4 Å². The minimum atomic E-state index is -3.72. The van der Waals surface area contributed by atoms with Crippen LogP contribution >= 0.6 is 0 Å². The minimum Gasteiger partial charge on any atom is -0.491 e. The molecule has 0 spiro atoms. The Labute approximate surface area is 762 Å². The third-order valence-electron chi connectivity index (χ3n) is 24.8. The number of Topliss-reactive ketones (excluding diaryl/α,β-unsaturated/α-hetero) is 3. The smallest absolute Gasteiger partial charge is 0.329 e. The topological polar surface area (TPSA) is 398 Å².